The highest BCUT2D eigenvalue weighted by Crippen LogP contribution is 2.52. The summed E-state index contributed by atoms with van der Waals surface area (Å²) in [5, 5.41) is 28.8. The van der Waals surface area contributed by atoms with Gasteiger partial charge in [0.25, 0.3) is 0 Å². The molecular formula is C55H78O4. The van der Waals surface area contributed by atoms with E-state index in [1.807, 2.05) is 13.8 Å². The topological polar surface area (TPSA) is 58.9 Å². The number of aliphatic hydroxyl groups is 2. The first-order valence-corrected chi connectivity index (χ1v) is 22.7. The van der Waals surface area contributed by atoms with Gasteiger partial charge in [0.05, 0.1) is 0 Å². The third kappa shape index (κ3) is 9.47. The molecule has 0 amide bonds. The van der Waals surface area contributed by atoms with Crippen molar-refractivity contribution in [2.75, 3.05) is 0 Å². The van der Waals surface area contributed by atoms with Gasteiger partial charge < -0.3 is 19.7 Å². The summed E-state index contributed by atoms with van der Waals surface area (Å²) in [6, 6.07) is 26.5. The van der Waals surface area contributed by atoms with Crippen LogP contribution in [0.5, 0.6) is 0 Å². The van der Waals surface area contributed by atoms with Crippen molar-refractivity contribution in [2.24, 2.45) is 0 Å². The highest BCUT2D eigenvalue weighted by atomic mass is 16.8. The molecule has 0 spiro atoms. The van der Waals surface area contributed by atoms with Crippen molar-refractivity contribution in [3.8, 4) is 0 Å². The molecular weight excluding hydrogens is 725 g/mol. The van der Waals surface area contributed by atoms with E-state index in [4.69, 9.17) is 9.47 Å². The van der Waals surface area contributed by atoms with Crippen LogP contribution in [0.25, 0.3) is 0 Å². The maximum atomic E-state index is 14.4. The fraction of sp³-hybridized carbons (Fsp3) is 0.564. The molecule has 1 aliphatic heterocycles. The largest absolute Gasteiger partial charge is 0.378 e. The van der Waals surface area contributed by atoms with Crippen molar-refractivity contribution in [3.05, 3.63) is 140 Å². The SMILES string of the molecule is CC(C)c1cc(C(C)C)cc(C(O)(c2cc(C(C)C)cc(C(C)C)c2)[C@@H]2OC(C)(C)O[C@H]2C(O)(c2cc(C(C)C)cc(C(C)C)c2)c2cc(C(C)C)cc(C(C)C)c2)c1. The lowest BCUT2D eigenvalue weighted by Crippen LogP contribution is -2.55. The van der Waals surface area contributed by atoms with E-state index >= 15 is 0 Å². The second-order valence-electron chi connectivity index (χ2n) is 20.8. The molecule has 5 rings (SSSR count). The Morgan fingerprint density at radius 2 is 0.492 bits per heavy atom. The van der Waals surface area contributed by atoms with Crippen LogP contribution >= 0.6 is 0 Å². The van der Waals surface area contributed by atoms with Crippen LogP contribution < -0.4 is 0 Å². The fourth-order valence-electron chi connectivity index (χ4n) is 8.62. The molecule has 4 nitrogen and oxygen atoms in total. The smallest absolute Gasteiger partial charge is 0.164 e. The van der Waals surface area contributed by atoms with Crippen LogP contribution in [0.3, 0.4) is 0 Å². The molecule has 0 bridgehead atoms. The van der Waals surface area contributed by atoms with Crippen molar-refractivity contribution in [1.82, 2.24) is 0 Å². The normalized spacial score (nSPS) is 17.7. The van der Waals surface area contributed by atoms with Gasteiger partial charge in [-0.2, -0.15) is 0 Å². The third-order valence-corrected chi connectivity index (χ3v) is 12.9. The van der Waals surface area contributed by atoms with Crippen LogP contribution in [0.1, 0.15) is 239 Å². The highest BCUT2D eigenvalue weighted by molar-refractivity contribution is 5.51. The van der Waals surface area contributed by atoms with Crippen LogP contribution in [-0.4, -0.2) is 28.2 Å². The molecule has 1 fully saturated rings. The lowest BCUT2D eigenvalue weighted by atomic mass is 9.69. The van der Waals surface area contributed by atoms with Gasteiger partial charge in [-0.05, 0) is 128 Å². The predicted molar refractivity (Wildman–Crippen MR) is 248 cm³/mol. The third-order valence-electron chi connectivity index (χ3n) is 12.9. The van der Waals surface area contributed by atoms with E-state index < -0.39 is 29.2 Å². The zero-order valence-corrected chi connectivity index (χ0v) is 39.9. The van der Waals surface area contributed by atoms with Gasteiger partial charge in [-0.25, -0.2) is 0 Å². The van der Waals surface area contributed by atoms with Gasteiger partial charge in [0.2, 0.25) is 0 Å². The number of rotatable bonds is 14. The molecule has 1 heterocycles. The minimum Gasteiger partial charge on any atom is -0.378 e. The fourth-order valence-corrected chi connectivity index (χ4v) is 8.62. The van der Waals surface area contributed by atoms with E-state index in [0.717, 1.165) is 66.8 Å². The molecule has 2 atom stereocenters. The molecule has 0 aromatic heterocycles. The van der Waals surface area contributed by atoms with E-state index in [-0.39, 0.29) is 47.3 Å². The van der Waals surface area contributed by atoms with Crippen LogP contribution in [0.2, 0.25) is 0 Å². The van der Waals surface area contributed by atoms with Gasteiger partial charge in [-0.3, -0.25) is 0 Å². The second kappa shape index (κ2) is 17.6. The first kappa shape index (κ1) is 46.8. The molecule has 4 aromatic rings. The molecule has 0 unspecified atom stereocenters. The van der Waals surface area contributed by atoms with Gasteiger partial charge in [-0.15, -0.1) is 0 Å². The average Bonchev–Trinajstić information content (AvgIpc) is 3.51. The summed E-state index contributed by atoms with van der Waals surface area (Å²) < 4.78 is 14.4. The summed E-state index contributed by atoms with van der Waals surface area (Å²) in [7, 11) is 0. The van der Waals surface area contributed by atoms with Crippen molar-refractivity contribution in [2.45, 2.75) is 201 Å². The van der Waals surface area contributed by atoms with Gasteiger partial charge >= 0.3 is 0 Å². The minimum atomic E-state index is -1.75. The average molecular weight is 803 g/mol. The molecule has 2 N–H and O–H groups in total. The van der Waals surface area contributed by atoms with E-state index in [1.54, 1.807) is 0 Å². The van der Waals surface area contributed by atoms with E-state index in [2.05, 4.69) is 184 Å². The summed E-state index contributed by atoms with van der Waals surface area (Å²) in [4.78, 5) is 0. The summed E-state index contributed by atoms with van der Waals surface area (Å²) in [5.74, 6) is 0.595. The highest BCUT2D eigenvalue weighted by Gasteiger charge is 2.61. The minimum absolute atomic E-state index is 0.219. The van der Waals surface area contributed by atoms with Crippen LogP contribution in [0.15, 0.2) is 72.8 Å². The number of benzene rings is 4. The molecule has 0 saturated carbocycles. The van der Waals surface area contributed by atoms with Gasteiger partial charge in [-0.1, -0.05) is 184 Å². The van der Waals surface area contributed by atoms with Crippen molar-refractivity contribution >= 4 is 0 Å². The standard InChI is InChI=1S/C55H78O4/c1-31(2)39-19-40(32(3)4)24-47(23-39)54(56,48-25-41(33(5)6)20-42(26-48)34(7)8)51-52(59-53(17,18)58-51)55(57,49-27-43(35(9)10)21-44(28-49)36(11)12)50-29-45(37(13)14)22-46(30-50)38(15)16/h19-38,51-52,56-57H,1-18H3/t51-,52-/m1/s1. The zero-order valence-electron chi connectivity index (χ0n) is 39.9. The van der Waals surface area contributed by atoms with Crippen LogP contribution in [0.4, 0.5) is 0 Å². The predicted octanol–water partition coefficient (Wildman–Crippen LogP) is 14.4. The molecule has 4 heteroatoms. The van der Waals surface area contributed by atoms with Gasteiger partial charge in [0.15, 0.2) is 5.79 Å². The van der Waals surface area contributed by atoms with Crippen LogP contribution in [-0.2, 0) is 20.7 Å². The Kier molecular flexibility index (Phi) is 14.0. The summed E-state index contributed by atoms with van der Waals surface area (Å²) in [6.07, 6.45) is -2.08. The monoisotopic (exact) mass is 803 g/mol. The molecule has 322 valence electrons. The van der Waals surface area contributed by atoms with E-state index in [0.29, 0.717) is 0 Å². The van der Waals surface area contributed by atoms with E-state index in [1.165, 1.54) is 0 Å². The number of hydrogen-bond acceptors (Lipinski definition) is 4. The van der Waals surface area contributed by atoms with E-state index in [9.17, 15) is 10.2 Å². The summed E-state index contributed by atoms with van der Waals surface area (Å²) >= 11 is 0. The first-order valence-electron chi connectivity index (χ1n) is 22.7. The molecule has 1 saturated heterocycles. The quantitative estimate of drug-likeness (QED) is 0.133. The zero-order chi connectivity index (χ0) is 44.1. The Labute approximate surface area is 359 Å². The first-order chi connectivity index (χ1) is 27.3. The number of hydrogen-bond donors (Lipinski definition) is 2. The Balaban J connectivity index is 2.01. The lowest BCUT2D eigenvalue weighted by molar-refractivity contribution is -0.172. The molecule has 1 aliphatic rings. The Morgan fingerprint density at radius 1 is 0.339 bits per heavy atom. The Bertz CT molecular complexity index is 1700. The maximum absolute atomic E-state index is 14.4. The molecule has 4 aromatic carbocycles. The van der Waals surface area contributed by atoms with Crippen molar-refractivity contribution < 1.29 is 19.7 Å². The lowest BCUT2D eigenvalue weighted by Gasteiger charge is -2.44. The second-order valence-corrected chi connectivity index (χ2v) is 20.8. The Morgan fingerprint density at radius 3 is 0.627 bits per heavy atom. The van der Waals surface area contributed by atoms with Gasteiger partial charge in [0, 0.05) is 0 Å². The number of ether oxygens (including phenoxy) is 2. The summed E-state index contributed by atoms with van der Waals surface area (Å²) in [5.41, 5.74) is 8.70. The van der Waals surface area contributed by atoms with Crippen molar-refractivity contribution in [1.29, 1.82) is 0 Å². The van der Waals surface area contributed by atoms with Gasteiger partial charge in [0.1, 0.15) is 23.4 Å². The molecule has 0 aliphatic carbocycles. The Hall–Kier alpha value is -3.28. The summed E-state index contributed by atoms with van der Waals surface area (Å²) in [6.45, 7) is 39.2. The molecule has 0 radical (unpaired) electrons. The molecule has 59 heavy (non-hydrogen) atoms. The van der Waals surface area contributed by atoms with Crippen LogP contribution in [0, 0.1) is 0 Å². The maximum Gasteiger partial charge on any atom is 0.164 e. The van der Waals surface area contributed by atoms with Crippen molar-refractivity contribution in [3.63, 3.8) is 0 Å².